The fourth-order valence-electron chi connectivity index (χ4n) is 2.83. The van der Waals surface area contributed by atoms with Crippen LogP contribution < -0.4 is 9.46 Å². The van der Waals surface area contributed by atoms with Gasteiger partial charge in [0.1, 0.15) is 12.1 Å². The van der Waals surface area contributed by atoms with Crippen molar-refractivity contribution >= 4 is 54.4 Å². The third kappa shape index (κ3) is 3.93. The predicted molar refractivity (Wildman–Crippen MR) is 117 cm³/mol. The van der Waals surface area contributed by atoms with Gasteiger partial charge < -0.3 is 4.74 Å². The van der Waals surface area contributed by atoms with Crippen molar-refractivity contribution in [2.45, 2.75) is 4.90 Å². The van der Waals surface area contributed by atoms with Crippen molar-refractivity contribution in [3.8, 4) is 17.0 Å². The van der Waals surface area contributed by atoms with E-state index in [0.29, 0.717) is 37.4 Å². The molecule has 0 aliphatic rings. The van der Waals surface area contributed by atoms with Crippen LogP contribution >= 0.6 is 27.5 Å². The Bertz CT molecular complexity index is 1350. The maximum absolute atomic E-state index is 12.7. The van der Waals surface area contributed by atoms with Crippen molar-refractivity contribution < 1.29 is 13.2 Å². The van der Waals surface area contributed by atoms with Gasteiger partial charge in [-0.15, -0.1) is 0 Å². The number of aromatic nitrogens is 4. The van der Waals surface area contributed by atoms with E-state index in [9.17, 15) is 8.42 Å². The normalized spacial score (nSPS) is 11.4. The Morgan fingerprint density at radius 2 is 1.83 bits per heavy atom. The number of sulfonamides is 1. The van der Waals surface area contributed by atoms with Gasteiger partial charge in [0.05, 0.1) is 28.2 Å². The first kappa shape index (κ1) is 20.5. The summed E-state index contributed by atoms with van der Waals surface area (Å²) in [5, 5.41) is 1.13. The van der Waals surface area contributed by atoms with E-state index in [2.05, 4.69) is 40.6 Å². The highest BCUT2D eigenvalue weighted by Crippen LogP contribution is 2.38. The molecule has 0 fully saturated rings. The summed E-state index contributed by atoms with van der Waals surface area (Å²) in [5.74, 6) is 0.543. The molecule has 0 saturated heterocycles. The highest BCUT2D eigenvalue weighted by atomic mass is 79.9. The van der Waals surface area contributed by atoms with Gasteiger partial charge in [-0.1, -0.05) is 11.6 Å². The average molecular weight is 507 g/mol. The lowest BCUT2D eigenvalue weighted by atomic mass is 10.1. The maximum atomic E-state index is 12.7. The predicted octanol–water partition coefficient (Wildman–Crippen LogP) is 4.31. The van der Waals surface area contributed by atoms with Crippen molar-refractivity contribution in [3.05, 3.63) is 64.6 Å². The highest BCUT2D eigenvalue weighted by Gasteiger charge is 2.19. The molecular formula is C19H13BrClN5O3S. The molecule has 0 aliphatic carbocycles. The largest absolute Gasteiger partial charge is 0.496 e. The smallest absolute Gasteiger partial charge is 0.264 e. The van der Waals surface area contributed by atoms with Crippen molar-refractivity contribution in [2.24, 2.45) is 0 Å². The van der Waals surface area contributed by atoms with Crippen molar-refractivity contribution in [1.29, 1.82) is 0 Å². The van der Waals surface area contributed by atoms with Crippen molar-refractivity contribution in [3.63, 3.8) is 0 Å². The molecule has 0 atom stereocenters. The van der Waals surface area contributed by atoms with Crippen LogP contribution in [-0.4, -0.2) is 35.5 Å². The quantitative estimate of drug-likeness (QED) is 0.430. The molecule has 0 radical (unpaired) electrons. The summed E-state index contributed by atoms with van der Waals surface area (Å²) in [6, 6.07) is 9.63. The van der Waals surface area contributed by atoms with E-state index in [0.717, 1.165) is 0 Å². The molecule has 2 aromatic heterocycles. The number of anilines is 1. The fourth-order valence-corrected chi connectivity index (χ4v) is 4.30. The summed E-state index contributed by atoms with van der Waals surface area (Å²) in [4.78, 5) is 16.4. The molecular weight excluding hydrogens is 494 g/mol. The number of nitrogens with one attached hydrogen (secondary N) is 1. The van der Waals surface area contributed by atoms with Gasteiger partial charge in [-0.3, -0.25) is 0 Å². The molecule has 11 heteroatoms. The van der Waals surface area contributed by atoms with E-state index in [-0.39, 0.29) is 10.8 Å². The molecule has 152 valence electrons. The monoisotopic (exact) mass is 505 g/mol. The summed E-state index contributed by atoms with van der Waals surface area (Å²) >= 11 is 9.63. The van der Waals surface area contributed by atoms with Gasteiger partial charge >= 0.3 is 0 Å². The van der Waals surface area contributed by atoms with Gasteiger partial charge in [0.2, 0.25) is 5.95 Å². The summed E-state index contributed by atoms with van der Waals surface area (Å²) in [6.07, 6.45) is 4.25. The molecule has 2 heterocycles. The van der Waals surface area contributed by atoms with Crippen LogP contribution in [0.15, 0.2) is 64.5 Å². The SMILES string of the molecule is COc1cc(Br)c(Cl)cc1-c1ncnc2cc(S(=O)(=O)Nc3ncccn3)ccc12. The second-order valence-electron chi connectivity index (χ2n) is 6.05. The zero-order valence-corrected chi connectivity index (χ0v) is 18.5. The van der Waals surface area contributed by atoms with Crippen molar-refractivity contribution in [2.75, 3.05) is 11.8 Å². The Balaban J connectivity index is 1.81. The first-order chi connectivity index (χ1) is 14.4. The van der Waals surface area contributed by atoms with E-state index in [4.69, 9.17) is 16.3 Å². The Morgan fingerprint density at radius 1 is 1.07 bits per heavy atom. The van der Waals surface area contributed by atoms with Gasteiger partial charge in [-0.25, -0.2) is 33.1 Å². The van der Waals surface area contributed by atoms with E-state index in [1.165, 1.54) is 30.9 Å². The molecule has 2 aromatic carbocycles. The van der Waals surface area contributed by atoms with Crippen LogP contribution in [0.5, 0.6) is 5.75 Å². The second kappa shape index (κ2) is 8.13. The van der Waals surface area contributed by atoms with Crippen LogP contribution in [0, 0.1) is 0 Å². The van der Waals surface area contributed by atoms with Crippen LogP contribution in [-0.2, 0) is 10.0 Å². The van der Waals surface area contributed by atoms with Gasteiger partial charge in [-0.05, 0) is 52.3 Å². The third-order valence-electron chi connectivity index (χ3n) is 4.21. The lowest BCUT2D eigenvalue weighted by Gasteiger charge is -2.12. The first-order valence-electron chi connectivity index (χ1n) is 8.47. The number of fused-ring (bicyclic) bond motifs is 1. The Labute approximate surface area is 185 Å². The number of benzene rings is 2. The molecule has 0 spiro atoms. The van der Waals surface area contributed by atoms with Crippen LogP contribution in [0.3, 0.4) is 0 Å². The molecule has 0 bridgehead atoms. The molecule has 1 N–H and O–H groups in total. The molecule has 8 nitrogen and oxygen atoms in total. The van der Waals surface area contributed by atoms with Gasteiger partial charge in [0.15, 0.2) is 0 Å². The highest BCUT2D eigenvalue weighted by molar-refractivity contribution is 9.10. The Kier molecular flexibility index (Phi) is 5.54. The van der Waals surface area contributed by atoms with E-state index < -0.39 is 10.0 Å². The minimum Gasteiger partial charge on any atom is -0.496 e. The zero-order valence-electron chi connectivity index (χ0n) is 15.4. The summed E-state index contributed by atoms with van der Waals surface area (Å²) in [7, 11) is -2.35. The van der Waals surface area contributed by atoms with E-state index >= 15 is 0 Å². The minimum absolute atomic E-state index is 0.0183. The molecule has 0 amide bonds. The standard InChI is InChI=1S/C19H13BrClN5O3S/c1-29-17-9-14(20)15(21)8-13(17)18-12-4-3-11(7-16(12)24-10-25-18)30(27,28)26-19-22-5-2-6-23-19/h2-10H,1H3,(H,22,23,26). The number of methoxy groups -OCH3 is 1. The number of nitrogens with zero attached hydrogens (tertiary/aromatic N) is 4. The lowest BCUT2D eigenvalue weighted by molar-refractivity contribution is 0.416. The number of hydrogen-bond acceptors (Lipinski definition) is 7. The van der Waals surface area contributed by atoms with Crippen LogP contribution in [0.4, 0.5) is 5.95 Å². The topological polar surface area (TPSA) is 107 Å². The maximum Gasteiger partial charge on any atom is 0.264 e. The Hall–Kier alpha value is -2.82. The van der Waals surface area contributed by atoms with Crippen LogP contribution in [0.25, 0.3) is 22.2 Å². The summed E-state index contributed by atoms with van der Waals surface area (Å²) in [5.41, 5.74) is 1.66. The minimum atomic E-state index is -3.89. The molecule has 4 aromatic rings. The zero-order chi connectivity index (χ0) is 21.3. The molecule has 30 heavy (non-hydrogen) atoms. The van der Waals surface area contributed by atoms with Gasteiger partial charge in [0.25, 0.3) is 10.0 Å². The van der Waals surface area contributed by atoms with Gasteiger partial charge in [0, 0.05) is 27.8 Å². The summed E-state index contributed by atoms with van der Waals surface area (Å²) in [6.45, 7) is 0. The van der Waals surface area contributed by atoms with Crippen LogP contribution in [0.1, 0.15) is 0 Å². The second-order valence-corrected chi connectivity index (χ2v) is 8.99. The Morgan fingerprint density at radius 3 is 2.57 bits per heavy atom. The molecule has 4 rings (SSSR count). The first-order valence-corrected chi connectivity index (χ1v) is 11.1. The number of hydrogen-bond donors (Lipinski definition) is 1. The van der Waals surface area contributed by atoms with Crippen LogP contribution in [0.2, 0.25) is 5.02 Å². The lowest BCUT2D eigenvalue weighted by Crippen LogP contribution is -2.14. The van der Waals surface area contributed by atoms with Gasteiger partial charge in [-0.2, -0.15) is 0 Å². The summed E-state index contributed by atoms with van der Waals surface area (Å²) < 4.78 is 33.9. The van der Waals surface area contributed by atoms with E-state index in [1.807, 2.05) is 0 Å². The fraction of sp³-hybridized carbons (Fsp3) is 0.0526. The molecule has 0 saturated carbocycles. The third-order valence-corrected chi connectivity index (χ3v) is 6.73. The number of halogens is 2. The number of rotatable bonds is 5. The molecule has 0 aliphatic heterocycles. The number of ether oxygens (including phenoxy) is 1. The molecule has 0 unspecified atom stereocenters. The van der Waals surface area contributed by atoms with E-state index in [1.54, 1.807) is 31.4 Å². The van der Waals surface area contributed by atoms with Crippen molar-refractivity contribution in [1.82, 2.24) is 19.9 Å². The average Bonchev–Trinajstić information content (AvgIpc) is 2.75.